The summed E-state index contributed by atoms with van der Waals surface area (Å²) in [6.07, 6.45) is 4.58. The molecule has 6 rings (SSSR count). The van der Waals surface area contributed by atoms with E-state index < -0.39 is 11.4 Å². The van der Waals surface area contributed by atoms with Crippen molar-refractivity contribution in [3.05, 3.63) is 72.3 Å². The van der Waals surface area contributed by atoms with Crippen molar-refractivity contribution in [2.75, 3.05) is 39.0 Å². The number of anilines is 1. The van der Waals surface area contributed by atoms with Gasteiger partial charge in [0.1, 0.15) is 46.8 Å². The summed E-state index contributed by atoms with van der Waals surface area (Å²) in [5, 5.41) is 15.5. The molecule has 0 spiro atoms. The Balaban J connectivity index is 1.27. The number of carbonyl (C=O) groups excluding carboxylic acids is 1. The number of nitrogen functional groups attached to an aromatic ring is 1. The summed E-state index contributed by atoms with van der Waals surface area (Å²) in [5.41, 5.74) is 6.95. The number of benzene rings is 2. The van der Waals surface area contributed by atoms with Crippen molar-refractivity contribution < 1.29 is 13.9 Å². The Morgan fingerprint density at radius 3 is 2.58 bits per heavy atom. The van der Waals surface area contributed by atoms with Crippen LogP contribution in [0.3, 0.4) is 0 Å². The molecule has 2 aromatic heterocycles. The third kappa shape index (κ3) is 6.48. The zero-order valence-electron chi connectivity index (χ0n) is 28.1. The molecule has 48 heavy (non-hydrogen) atoms. The van der Waals surface area contributed by atoms with Crippen molar-refractivity contribution in [3.63, 3.8) is 0 Å². The second kappa shape index (κ2) is 13.3. The number of hydrogen-bond donors (Lipinski definition) is 1. The molecule has 0 radical (unpaired) electrons. The molecule has 2 aliphatic rings. The van der Waals surface area contributed by atoms with E-state index in [9.17, 15) is 10.1 Å². The van der Waals surface area contributed by atoms with E-state index >= 15 is 4.39 Å². The average Bonchev–Trinajstić information content (AvgIpc) is 3.46. The van der Waals surface area contributed by atoms with Crippen LogP contribution in [0.15, 0.2) is 66.5 Å². The molecule has 4 aromatic rings. The van der Waals surface area contributed by atoms with E-state index in [1.54, 1.807) is 33.8 Å². The number of piperidine rings is 1. The second-order valence-corrected chi connectivity index (χ2v) is 13.5. The summed E-state index contributed by atoms with van der Waals surface area (Å²) in [7, 11) is 2.12. The van der Waals surface area contributed by atoms with Gasteiger partial charge < -0.3 is 20.3 Å². The fraction of sp³-hybridized carbons (Fsp3) is 0.417. The fourth-order valence-corrected chi connectivity index (χ4v) is 7.00. The molecule has 2 aromatic carbocycles. The number of piperazine rings is 1. The second-order valence-electron chi connectivity index (χ2n) is 13.5. The van der Waals surface area contributed by atoms with Crippen molar-refractivity contribution in [2.45, 2.75) is 64.2 Å². The Kier molecular flexibility index (Phi) is 9.18. The first-order valence-electron chi connectivity index (χ1n) is 16.4. The highest BCUT2D eigenvalue weighted by Crippen LogP contribution is 2.37. The minimum Gasteiger partial charge on any atom is -0.457 e. The van der Waals surface area contributed by atoms with Gasteiger partial charge in [-0.2, -0.15) is 10.4 Å². The number of likely N-dealkylation sites (N-methyl/N-ethyl adjacent to an activating group) is 1. The zero-order chi connectivity index (χ0) is 34.2. The van der Waals surface area contributed by atoms with Gasteiger partial charge in [-0.3, -0.25) is 9.69 Å². The van der Waals surface area contributed by atoms with Crippen molar-refractivity contribution in [2.24, 2.45) is 0 Å². The quantitative estimate of drug-likeness (QED) is 0.206. The van der Waals surface area contributed by atoms with E-state index in [0.717, 1.165) is 13.1 Å². The number of likely N-dealkylation sites (tertiary alicyclic amines) is 1. The lowest BCUT2D eigenvalue weighted by Gasteiger charge is -2.49. The molecule has 250 valence electrons. The van der Waals surface area contributed by atoms with Crippen LogP contribution >= 0.6 is 0 Å². The monoisotopic (exact) mass is 651 g/mol. The number of para-hydroxylation sites is 1. The summed E-state index contributed by atoms with van der Waals surface area (Å²) in [6.45, 7) is 11.1. The van der Waals surface area contributed by atoms with Crippen LogP contribution in [0, 0.1) is 17.1 Å². The van der Waals surface area contributed by atoms with Crippen molar-refractivity contribution in [1.82, 2.24) is 34.4 Å². The van der Waals surface area contributed by atoms with E-state index in [-0.39, 0.29) is 34.9 Å². The highest BCUT2D eigenvalue weighted by atomic mass is 19.1. The largest absolute Gasteiger partial charge is 0.457 e. The molecule has 2 N–H and O–H groups in total. The molecule has 4 heterocycles. The van der Waals surface area contributed by atoms with E-state index in [2.05, 4.69) is 60.6 Å². The smallest absolute Gasteiger partial charge is 0.264 e. The highest BCUT2D eigenvalue weighted by molar-refractivity contribution is 5.99. The molecule has 12 heteroatoms. The number of halogens is 1. The van der Waals surface area contributed by atoms with Crippen LogP contribution in [0.1, 0.15) is 46.6 Å². The molecule has 2 aliphatic heterocycles. The normalized spacial score (nSPS) is 21.3. The minimum atomic E-state index is -0.533. The third-order valence-electron chi connectivity index (χ3n) is 9.61. The molecule has 0 saturated carbocycles. The summed E-state index contributed by atoms with van der Waals surface area (Å²) in [4.78, 5) is 29.0. The number of nitrogens with two attached hydrogens (primary N) is 1. The molecule has 2 saturated heterocycles. The van der Waals surface area contributed by atoms with E-state index in [1.807, 2.05) is 24.3 Å². The van der Waals surface area contributed by atoms with Crippen LogP contribution in [0.25, 0.3) is 22.3 Å². The number of aromatic nitrogens is 4. The average molecular weight is 652 g/mol. The van der Waals surface area contributed by atoms with Gasteiger partial charge in [0.15, 0.2) is 5.65 Å². The third-order valence-corrected chi connectivity index (χ3v) is 9.61. The van der Waals surface area contributed by atoms with Gasteiger partial charge in [-0.1, -0.05) is 18.2 Å². The topological polar surface area (TPSA) is 129 Å². The van der Waals surface area contributed by atoms with Crippen molar-refractivity contribution in [1.29, 1.82) is 5.26 Å². The number of ether oxygens (including phenoxy) is 1. The number of nitriles is 1. The van der Waals surface area contributed by atoms with Crippen molar-refractivity contribution in [3.8, 4) is 28.8 Å². The van der Waals surface area contributed by atoms with Gasteiger partial charge in [0.05, 0.1) is 11.4 Å². The maximum atomic E-state index is 15.7. The Morgan fingerprint density at radius 1 is 1.08 bits per heavy atom. The van der Waals surface area contributed by atoms with E-state index in [0.29, 0.717) is 60.2 Å². The van der Waals surface area contributed by atoms with Gasteiger partial charge >= 0.3 is 0 Å². The number of carbonyl (C=O) groups is 1. The van der Waals surface area contributed by atoms with Crippen LogP contribution in [-0.4, -0.2) is 91.2 Å². The molecular weight excluding hydrogens is 609 g/mol. The predicted octanol–water partition coefficient (Wildman–Crippen LogP) is 5.42. The highest BCUT2D eigenvalue weighted by Gasteiger charge is 2.37. The maximum absolute atomic E-state index is 15.7. The summed E-state index contributed by atoms with van der Waals surface area (Å²) < 4.78 is 23.2. The van der Waals surface area contributed by atoms with Crippen molar-refractivity contribution >= 4 is 22.8 Å². The van der Waals surface area contributed by atoms with Gasteiger partial charge in [-0.15, -0.1) is 0 Å². The molecule has 2 fully saturated rings. The molecule has 3 atom stereocenters. The standard InChI is InChI=1S/C36H42FN9O2/c1-23-20-45(24(2)19-43(23)5)36(3,4)17-25(18-38)35(47)44-15-9-10-26(21-44)46-34-31(33(39)40-22-41-34)32(42-46)29-14-13-28(16-30(29)37)48-27-11-7-6-8-12-27/h6-8,11-14,16-17,22-24,26H,9-10,15,19-21H2,1-5H3,(H2,39,40,41)/b25-17-/t23-,24+,26+/m1/s1. The first-order valence-corrected chi connectivity index (χ1v) is 16.4. The summed E-state index contributed by atoms with van der Waals surface area (Å²) in [6, 6.07) is 16.3. The minimum absolute atomic E-state index is 0.122. The van der Waals surface area contributed by atoms with Gasteiger partial charge in [-0.25, -0.2) is 19.0 Å². The van der Waals surface area contributed by atoms with Crippen LogP contribution in [0.5, 0.6) is 11.5 Å². The number of rotatable bonds is 7. The molecule has 1 amide bonds. The number of nitrogens with zero attached hydrogens (tertiary/aromatic N) is 8. The lowest BCUT2D eigenvalue weighted by atomic mass is 9.93. The lowest BCUT2D eigenvalue weighted by Crippen LogP contribution is -2.61. The van der Waals surface area contributed by atoms with Crippen LogP contribution in [0.2, 0.25) is 0 Å². The molecule has 11 nitrogen and oxygen atoms in total. The van der Waals surface area contributed by atoms with Gasteiger partial charge in [0.25, 0.3) is 5.91 Å². The molecular formula is C36H42FN9O2. The van der Waals surface area contributed by atoms with Crippen LogP contribution in [0.4, 0.5) is 10.2 Å². The summed E-state index contributed by atoms with van der Waals surface area (Å²) >= 11 is 0. The van der Waals surface area contributed by atoms with E-state index in [4.69, 9.17) is 15.6 Å². The zero-order valence-corrected chi connectivity index (χ0v) is 28.1. The predicted molar refractivity (Wildman–Crippen MR) is 183 cm³/mol. The Hall–Kier alpha value is -4.86. The van der Waals surface area contributed by atoms with Gasteiger partial charge in [-0.05, 0) is 77.9 Å². The molecule has 0 unspecified atom stereocenters. The lowest BCUT2D eigenvalue weighted by molar-refractivity contribution is -0.128. The van der Waals surface area contributed by atoms with Gasteiger partial charge in [0, 0.05) is 55.4 Å². The maximum Gasteiger partial charge on any atom is 0.264 e. The Morgan fingerprint density at radius 2 is 1.85 bits per heavy atom. The first-order chi connectivity index (χ1) is 23.0. The van der Waals surface area contributed by atoms with Gasteiger partial charge in [0.2, 0.25) is 0 Å². The number of amides is 1. The van der Waals surface area contributed by atoms with E-state index in [1.165, 1.54) is 12.4 Å². The Bertz CT molecular complexity index is 1880. The van der Waals surface area contributed by atoms with Crippen LogP contribution < -0.4 is 10.5 Å². The number of hydrogen-bond acceptors (Lipinski definition) is 9. The molecule has 0 aliphatic carbocycles. The first kappa shape index (κ1) is 33.1. The SMILES string of the molecule is C[C@@H]1CN(C(C)(C)/C=C(/C#N)C(=O)N2CCC[C@H](n3nc(-c4ccc(Oc5ccccc5)cc4F)c4c(N)ncnc43)C2)[C@@H](C)CN1C. The fourth-order valence-electron chi connectivity index (χ4n) is 7.00. The van der Waals surface area contributed by atoms with Crippen LogP contribution in [-0.2, 0) is 4.79 Å². The molecule has 0 bridgehead atoms. The number of fused-ring (bicyclic) bond motifs is 1. The Labute approximate surface area is 280 Å². The summed E-state index contributed by atoms with van der Waals surface area (Å²) in [5.74, 6) is 0.274.